The van der Waals surface area contributed by atoms with Gasteiger partial charge in [-0.2, -0.15) is 0 Å². The molecule has 0 fully saturated rings. The largest absolute Gasteiger partial charge is 0.497 e. The molecule has 1 aliphatic rings. The van der Waals surface area contributed by atoms with E-state index in [1.165, 1.54) is 11.1 Å². The van der Waals surface area contributed by atoms with Crippen LogP contribution in [0.5, 0.6) is 11.5 Å². The van der Waals surface area contributed by atoms with Gasteiger partial charge >= 0.3 is 0 Å². The van der Waals surface area contributed by atoms with E-state index in [0.29, 0.717) is 18.7 Å². The number of carbonyl (C=O) groups is 1. The second-order valence-corrected chi connectivity index (χ2v) is 5.97. The van der Waals surface area contributed by atoms with Crippen LogP contribution in [0.2, 0.25) is 0 Å². The minimum Gasteiger partial charge on any atom is -0.497 e. The molecule has 0 saturated carbocycles. The SMILES string of the molecule is CCC(Oc1cccc(OC)c1)C(=O)N1CCc2ccccc2C1. The molecule has 4 nitrogen and oxygen atoms in total. The summed E-state index contributed by atoms with van der Waals surface area (Å²) in [5.41, 5.74) is 2.57. The third kappa shape index (κ3) is 3.53. The number of hydrogen-bond acceptors (Lipinski definition) is 3. The number of rotatable bonds is 5. The first-order valence-electron chi connectivity index (χ1n) is 8.37. The smallest absolute Gasteiger partial charge is 0.263 e. The fraction of sp³-hybridized carbons (Fsp3) is 0.350. The highest BCUT2D eigenvalue weighted by atomic mass is 16.5. The van der Waals surface area contributed by atoms with Gasteiger partial charge in [0.2, 0.25) is 0 Å². The van der Waals surface area contributed by atoms with E-state index in [0.717, 1.165) is 18.7 Å². The van der Waals surface area contributed by atoms with E-state index in [1.54, 1.807) is 13.2 Å². The number of hydrogen-bond donors (Lipinski definition) is 0. The molecule has 0 bridgehead atoms. The molecule has 0 aliphatic carbocycles. The van der Waals surface area contributed by atoms with Crippen molar-refractivity contribution in [2.24, 2.45) is 0 Å². The van der Waals surface area contributed by atoms with Crippen LogP contribution in [0.1, 0.15) is 24.5 Å². The maximum atomic E-state index is 12.9. The van der Waals surface area contributed by atoms with Crippen LogP contribution in [-0.4, -0.2) is 30.6 Å². The average Bonchev–Trinajstić information content (AvgIpc) is 2.65. The molecule has 1 atom stereocenters. The summed E-state index contributed by atoms with van der Waals surface area (Å²) in [6, 6.07) is 15.7. The van der Waals surface area contributed by atoms with Crippen molar-refractivity contribution < 1.29 is 14.3 Å². The maximum Gasteiger partial charge on any atom is 0.263 e. The zero-order chi connectivity index (χ0) is 16.9. The van der Waals surface area contributed by atoms with Gasteiger partial charge in [-0.1, -0.05) is 37.3 Å². The number of ether oxygens (including phenoxy) is 2. The van der Waals surface area contributed by atoms with E-state index >= 15 is 0 Å². The molecule has 0 N–H and O–H groups in total. The molecular weight excluding hydrogens is 302 g/mol. The van der Waals surface area contributed by atoms with Crippen molar-refractivity contribution >= 4 is 5.91 Å². The van der Waals surface area contributed by atoms with Crippen LogP contribution < -0.4 is 9.47 Å². The lowest BCUT2D eigenvalue weighted by molar-refractivity contribution is -0.139. The summed E-state index contributed by atoms with van der Waals surface area (Å²) in [7, 11) is 1.62. The quantitative estimate of drug-likeness (QED) is 0.845. The highest BCUT2D eigenvalue weighted by Gasteiger charge is 2.27. The Morgan fingerprint density at radius 2 is 1.88 bits per heavy atom. The van der Waals surface area contributed by atoms with Crippen LogP contribution in [0.3, 0.4) is 0 Å². The fourth-order valence-corrected chi connectivity index (χ4v) is 3.03. The summed E-state index contributed by atoms with van der Waals surface area (Å²) in [6.07, 6.45) is 1.06. The summed E-state index contributed by atoms with van der Waals surface area (Å²) in [5.74, 6) is 1.43. The second-order valence-electron chi connectivity index (χ2n) is 5.97. The number of nitrogens with zero attached hydrogens (tertiary/aromatic N) is 1. The molecule has 0 aromatic heterocycles. The normalized spacial score (nSPS) is 14.7. The van der Waals surface area contributed by atoms with Crippen LogP contribution in [0.15, 0.2) is 48.5 Å². The monoisotopic (exact) mass is 325 g/mol. The molecule has 3 rings (SSSR count). The van der Waals surface area contributed by atoms with Crippen molar-refractivity contribution in [1.29, 1.82) is 0 Å². The van der Waals surface area contributed by atoms with Gasteiger partial charge in [-0.15, -0.1) is 0 Å². The standard InChI is InChI=1S/C20H23NO3/c1-3-19(24-18-10-6-9-17(13-18)23-2)20(22)21-12-11-15-7-4-5-8-16(15)14-21/h4-10,13,19H,3,11-12,14H2,1-2H3. The van der Waals surface area contributed by atoms with Gasteiger partial charge < -0.3 is 14.4 Å². The van der Waals surface area contributed by atoms with Gasteiger partial charge in [-0.25, -0.2) is 0 Å². The van der Waals surface area contributed by atoms with Gasteiger partial charge in [0.05, 0.1) is 7.11 Å². The van der Waals surface area contributed by atoms with E-state index in [2.05, 4.69) is 18.2 Å². The predicted octanol–water partition coefficient (Wildman–Crippen LogP) is 3.44. The average molecular weight is 325 g/mol. The lowest BCUT2D eigenvalue weighted by Crippen LogP contribution is -2.44. The topological polar surface area (TPSA) is 38.8 Å². The molecular formula is C20H23NO3. The lowest BCUT2D eigenvalue weighted by atomic mass is 9.99. The Bertz CT molecular complexity index is 714. The number of fused-ring (bicyclic) bond motifs is 1. The van der Waals surface area contributed by atoms with Gasteiger partial charge in [0.15, 0.2) is 6.10 Å². The van der Waals surface area contributed by atoms with Gasteiger partial charge in [-0.3, -0.25) is 4.79 Å². The maximum absolute atomic E-state index is 12.9. The Morgan fingerprint density at radius 3 is 2.62 bits per heavy atom. The number of methoxy groups -OCH3 is 1. The predicted molar refractivity (Wildman–Crippen MR) is 93.3 cm³/mol. The Labute approximate surface area is 143 Å². The van der Waals surface area contributed by atoms with E-state index in [4.69, 9.17) is 9.47 Å². The minimum absolute atomic E-state index is 0.0508. The van der Waals surface area contributed by atoms with E-state index in [1.807, 2.05) is 36.1 Å². The van der Waals surface area contributed by atoms with Crippen molar-refractivity contribution in [3.05, 3.63) is 59.7 Å². The van der Waals surface area contributed by atoms with E-state index < -0.39 is 6.10 Å². The Balaban J connectivity index is 1.70. The first kappa shape index (κ1) is 16.4. The summed E-state index contributed by atoms with van der Waals surface area (Å²) in [6.45, 7) is 3.38. The van der Waals surface area contributed by atoms with E-state index in [-0.39, 0.29) is 5.91 Å². The summed E-state index contributed by atoms with van der Waals surface area (Å²) < 4.78 is 11.1. The Hall–Kier alpha value is -2.49. The first-order valence-corrected chi connectivity index (χ1v) is 8.37. The minimum atomic E-state index is -0.470. The van der Waals surface area contributed by atoms with Crippen LogP contribution in [-0.2, 0) is 17.8 Å². The third-order valence-electron chi connectivity index (χ3n) is 4.41. The summed E-state index contributed by atoms with van der Waals surface area (Å²) >= 11 is 0. The highest BCUT2D eigenvalue weighted by Crippen LogP contribution is 2.23. The van der Waals surface area contributed by atoms with Crippen molar-refractivity contribution in [3.8, 4) is 11.5 Å². The van der Waals surface area contributed by atoms with Crippen LogP contribution in [0, 0.1) is 0 Å². The van der Waals surface area contributed by atoms with Crippen molar-refractivity contribution in [3.63, 3.8) is 0 Å². The molecule has 0 saturated heterocycles. The van der Waals surface area contributed by atoms with Crippen LogP contribution in [0.4, 0.5) is 0 Å². The number of carbonyl (C=O) groups excluding carboxylic acids is 1. The molecule has 126 valence electrons. The van der Waals surface area contributed by atoms with Crippen molar-refractivity contribution in [2.75, 3.05) is 13.7 Å². The van der Waals surface area contributed by atoms with Crippen LogP contribution in [0.25, 0.3) is 0 Å². The van der Waals surface area contributed by atoms with Gasteiger partial charge in [0.1, 0.15) is 11.5 Å². The molecule has 1 aliphatic heterocycles. The third-order valence-corrected chi connectivity index (χ3v) is 4.41. The van der Waals surface area contributed by atoms with Gasteiger partial charge in [0, 0.05) is 19.2 Å². The number of amides is 1. The molecule has 1 amide bonds. The summed E-state index contributed by atoms with van der Waals surface area (Å²) in [4.78, 5) is 14.8. The lowest BCUT2D eigenvalue weighted by Gasteiger charge is -2.31. The van der Waals surface area contributed by atoms with Gasteiger partial charge in [-0.05, 0) is 36.1 Å². The second kappa shape index (κ2) is 7.39. The summed E-state index contributed by atoms with van der Waals surface area (Å²) in [5, 5.41) is 0. The molecule has 0 spiro atoms. The molecule has 1 heterocycles. The molecule has 24 heavy (non-hydrogen) atoms. The molecule has 0 radical (unpaired) electrons. The zero-order valence-corrected chi connectivity index (χ0v) is 14.2. The molecule has 2 aromatic rings. The zero-order valence-electron chi connectivity index (χ0n) is 14.2. The van der Waals surface area contributed by atoms with Crippen molar-refractivity contribution in [2.45, 2.75) is 32.4 Å². The van der Waals surface area contributed by atoms with Crippen LogP contribution >= 0.6 is 0 Å². The molecule has 2 aromatic carbocycles. The van der Waals surface area contributed by atoms with Crippen molar-refractivity contribution in [1.82, 2.24) is 4.90 Å². The Kier molecular flexibility index (Phi) is 5.04. The first-order chi connectivity index (χ1) is 11.7. The van der Waals surface area contributed by atoms with Gasteiger partial charge in [0.25, 0.3) is 5.91 Å². The highest BCUT2D eigenvalue weighted by molar-refractivity contribution is 5.81. The number of benzene rings is 2. The molecule has 1 unspecified atom stereocenters. The Morgan fingerprint density at radius 1 is 1.12 bits per heavy atom. The molecule has 4 heteroatoms. The van der Waals surface area contributed by atoms with E-state index in [9.17, 15) is 4.79 Å². The fourth-order valence-electron chi connectivity index (χ4n) is 3.03.